The maximum Gasteiger partial charge on any atom is 0.319 e. The lowest BCUT2D eigenvalue weighted by molar-refractivity contribution is -0.133. The second-order valence-electron chi connectivity index (χ2n) is 8.36. The average molecular weight is 461 g/mol. The van der Waals surface area contributed by atoms with Crippen molar-refractivity contribution in [2.24, 2.45) is 0 Å². The predicted octanol–water partition coefficient (Wildman–Crippen LogP) is 2.65. The molecule has 33 heavy (non-hydrogen) atoms. The van der Waals surface area contributed by atoms with E-state index in [-0.39, 0.29) is 37.4 Å². The van der Waals surface area contributed by atoms with Gasteiger partial charge in [0.1, 0.15) is 18.1 Å². The van der Waals surface area contributed by atoms with Gasteiger partial charge in [-0.15, -0.1) is 0 Å². The van der Waals surface area contributed by atoms with Gasteiger partial charge in [-0.3, -0.25) is 9.69 Å². The van der Waals surface area contributed by atoms with Crippen LogP contribution in [-0.2, 0) is 22.6 Å². The summed E-state index contributed by atoms with van der Waals surface area (Å²) in [6.07, 6.45) is 2.33. The monoisotopic (exact) mass is 460 g/mol. The molecule has 2 aromatic rings. The first kappa shape index (κ1) is 24.7. The lowest BCUT2D eigenvalue weighted by Crippen LogP contribution is -2.47. The normalized spacial score (nSPS) is 14.2. The Bertz CT molecular complexity index is 867. The second-order valence-corrected chi connectivity index (χ2v) is 8.36. The highest BCUT2D eigenvalue weighted by molar-refractivity contribution is 5.84. The van der Waals surface area contributed by atoms with Crippen LogP contribution in [0, 0.1) is 5.82 Å². The van der Waals surface area contributed by atoms with Crippen molar-refractivity contribution < 1.29 is 23.1 Å². The number of urea groups is 1. The number of nitrogens with zero attached hydrogens (tertiary/aromatic N) is 4. The molecule has 0 N–H and O–H groups in total. The summed E-state index contributed by atoms with van der Waals surface area (Å²) >= 11 is 0. The Kier molecular flexibility index (Phi) is 9.26. The molecule has 3 rings (SSSR count). The van der Waals surface area contributed by atoms with Crippen molar-refractivity contribution in [1.29, 1.82) is 0 Å². The van der Waals surface area contributed by atoms with Gasteiger partial charge in [0, 0.05) is 46.8 Å². The topological polar surface area (TPSA) is 69.5 Å². The molecule has 8 nitrogen and oxygen atoms in total. The van der Waals surface area contributed by atoms with Crippen LogP contribution in [0.1, 0.15) is 17.7 Å². The van der Waals surface area contributed by atoms with Crippen molar-refractivity contribution in [3.8, 4) is 0 Å². The number of furan rings is 1. The van der Waals surface area contributed by atoms with Crippen LogP contribution in [0.25, 0.3) is 0 Å². The minimum absolute atomic E-state index is 0.0397. The van der Waals surface area contributed by atoms with Crippen molar-refractivity contribution in [3.05, 3.63) is 59.8 Å². The molecule has 1 aliphatic rings. The molecule has 3 amide bonds. The summed E-state index contributed by atoms with van der Waals surface area (Å²) in [5.41, 5.74) is 0.800. The van der Waals surface area contributed by atoms with Crippen LogP contribution < -0.4 is 0 Å². The molecule has 9 heteroatoms. The molecule has 2 heterocycles. The molecule has 0 aliphatic carbocycles. The number of rotatable bonds is 10. The highest BCUT2D eigenvalue weighted by Crippen LogP contribution is 2.13. The van der Waals surface area contributed by atoms with Crippen molar-refractivity contribution in [2.75, 3.05) is 60.0 Å². The van der Waals surface area contributed by atoms with Crippen molar-refractivity contribution in [2.45, 2.75) is 19.5 Å². The highest BCUT2D eigenvalue weighted by atomic mass is 19.1. The van der Waals surface area contributed by atoms with E-state index in [1.54, 1.807) is 54.4 Å². The molecule has 0 unspecified atom stereocenters. The van der Waals surface area contributed by atoms with Crippen molar-refractivity contribution in [3.63, 3.8) is 0 Å². The Morgan fingerprint density at radius 2 is 1.76 bits per heavy atom. The number of amides is 3. The molecule has 0 atom stereocenters. The van der Waals surface area contributed by atoms with Crippen LogP contribution in [0.3, 0.4) is 0 Å². The minimum Gasteiger partial charge on any atom is -0.467 e. The van der Waals surface area contributed by atoms with Gasteiger partial charge in [-0.05, 0) is 36.2 Å². The molecule has 0 spiro atoms. The maximum absolute atomic E-state index is 13.3. The number of benzene rings is 1. The molecule has 1 aromatic carbocycles. The second kappa shape index (κ2) is 12.4. The zero-order chi connectivity index (χ0) is 23.6. The van der Waals surface area contributed by atoms with E-state index in [2.05, 4.69) is 4.90 Å². The fourth-order valence-corrected chi connectivity index (χ4v) is 3.73. The summed E-state index contributed by atoms with van der Waals surface area (Å²) in [6.45, 7) is 5.06. The van der Waals surface area contributed by atoms with Gasteiger partial charge >= 0.3 is 6.03 Å². The lowest BCUT2D eigenvalue weighted by atomic mass is 10.2. The van der Waals surface area contributed by atoms with Gasteiger partial charge in [-0.25, -0.2) is 9.18 Å². The van der Waals surface area contributed by atoms with E-state index < -0.39 is 0 Å². The molecule has 1 aromatic heterocycles. The fraction of sp³-hybridized carbons (Fsp3) is 0.500. The predicted molar refractivity (Wildman–Crippen MR) is 122 cm³/mol. The third-order valence-corrected chi connectivity index (χ3v) is 5.55. The third kappa shape index (κ3) is 7.87. The summed E-state index contributed by atoms with van der Waals surface area (Å²) in [5.74, 6) is 0.117. The number of ether oxygens (including phenoxy) is 1. The SMILES string of the molecule is CN(C)C(=O)N(CCCN1CCOCC1)CC(=O)N(Cc1ccc(F)cc1)Cc1ccco1. The summed E-state index contributed by atoms with van der Waals surface area (Å²) in [7, 11) is 3.36. The zero-order valence-electron chi connectivity index (χ0n) is 19.4. The molecule has 1 aliphatic heterocycles. The van der Waals surface area contributed by atoms with Gasteiger partial charge < -0.3 is 23.9 Å². The van der Waals surface area contributed by atoms with Gasteiger partial charge in [0.25, 0.3) is 0 Å². The number of halogens is 1. The van der Waals surface area contributed by atoms with Crippen LogP contribution in [-0.4, -0.2) is 91.6 Å². The van der Waals surface area contributed by atoms with E-state index in [9.17, 15) is 14.0 Å². The first-order valence-corrected chi connectivity index (χ1v) is 11.2. The number of carbonyl (C=O) groups is 2. The fourth-order valence-electron chi connectivity index (χ4n) is 3.73. The molecular formula is C24H33FN4O4. The van der Waals surface area contributed by atoms with E-state index in [1.807, 2.05) is 0 Å². The summed E-state index contributed by atoms with van der Waals surface area (Å²) in [6, 6.07) is 9.42. The number of hydrogen-bond acceptors (Lipinski definition) is 5. The molecular weight excluding hydrogens is 427 g/mol. The first-order valence-electron chi connectivity index (χ1n) is 11.2. The van der Waals surface area contributed by atoms with Gasteiger partial charge in [0.2, 0.25) is 5.91 Å². The van der Waals surface area contributed by atoms with Gasteiger partial charge in [0.05, 0.1) is 26.0 Å². The Hall–Kier alpha value is -2.91. The Morgan fingerprint density at radius 1 is 1.03 bits per heavy atom. The average Bonchev–Trinajstić information content (AvgIpc) is 3.32. The Morgan fingerprint density at radius 3 is 2.39 bits per heavy atom. The first-order chi connectivity index (χ1) is 15.9. The minimum atomic E-state index is -0.328. The molecule has 1 saturated heterocycles. The van der Waals surface area contributed by atoms with E-state index >= 15 is 0 Å². The Balaban J connectivity index is 1.66. The number of carbonyl (C=O) groups excluding carboxylic acids is 2. The summed E-state index contributed by atoms with van der Waals surface area (Å²) in [4.78, 5) is 33.1. The molecule has 1 fully saturated rings. The van der Waals surface area contributed by atoms with Crippen LogP contribution in [0.5, 0.6) is 0 Å². The molecule has 0 saturated carbocycles. The quantitative estimate of drug-likeness (QED) is 0.545. The van der Waals surface area contributed by atoms with Crippen molar-refractivity contribution >= 4 is 11.9 Å². The standard InChI is InChI=1S/C24H33FN4O4/c1-26(2)24(31)28(11-4-10-27-12-15-32-16-13-27)19-23(30)29(18-22-5-3-14-33-22)17-20-6-8-21(25)9-7-20/h3,5-9,14H,4,10-13,15-19H2,1-2H3. The smallest absolute Gasteiger partial charge is 0.319 e. The van der Waals surface area contributed by atoms with E-state index in [0.717, 1.165) is 44.8 Å². The largest absolute Gasteiger partial charge is 0.467 e. The third-order valence-electron chi connectivity index (χ3n) is 5.55. The van der Waals surface area contributed by atoms with Gasteiger partial charge in [0.15, 0.2) is 0 Å². The van der Waals surface area contributed by atoms with Gasteiger partial charge in [-0.2, -0.15) is 0 Å². The number of hydrogen-bond donors (Lipinski definition) is 0. The van der Waals surface area contributed by atoms with Crippen LogP contribution in [0.2, 0.25) is 0 Å². The lowest BCUT2D eigenvalue weighted by Gasteiger charge is -2.31. The van der Waals surface area contributed by atoms with E-state index in [4.69, 9.17) is 9.15 Å². The van der Waals surface area contributed by atoms with Crippen LogP contribution in [0.4, 0.5) is 9.18 Å². The highest BCUT2D eigenvalue weighted by Gasteiger charge is 2.24. The Labute approximate surface area is 194 Å². The number of morpholine rings is 1. The van der Waals surface area contributed by atoms with Crippen LogP contribution >= 0.6 is 0 Å². The van der Waals surface area contributed by atoms with Crippen LogP contribution in [0.15, 0.2) is 47.1 Å². The van der Waals surface area contributed by atoms with E-state index in [0.29, 0.717) is 12.3 Å². The summed E-state index contributed by atoms with van der Waals surface area (Å²) < 4.78 is 24.1. The summed E-state index contributed by atoms with van der Waals surface area (Å²) in [5, 5.41) is 0. The maximum atomic E-state index is 13.3. The van der Waals surface area contributed by atoms with E-state index in [1.165, 1.54) is 17.0 Å². The van der Waals surface area contributed by atoms with Crippen molar-refractivity contribution in [1.82, 2.24) is 19.6 Å². The molecule has 180 valence electrons. The zero-order valence-corrected chi connectivity index (χ0v) is 19.4. The molecule has 0 radical (unpaired) electrons. The molecule has 0 bridgehead atoms. The van der Waals surface area contributed by atoms with Gasteiger partial charge in [-0.1, -0.05) is 12.1 Å².